The molecule has 60 valence electrons. The van der Waals surface area contributed by atoms with Crippen LogP contribution >= 0.6 is 0 Å². The van der Waals surface area contributed by atoms with E-state index in [0.29, 0.717) is 5.41 Å². The van der Waals surface area contributed by atoms with Crippen molar-refractivity contribution in [1.29, 1.82) is 0 Å². The van der Waals surface area contributed by atoms with Crippen molar-refractivity contribution in [2.45, 2.75) is 47.0 Å². The molecule has 1 fully saturated rings. The molecule has 0 heteroatoms. The second-order valence-electron chi connectivity index (χ2n) is 4.85. The zero-order valence-electron chi connectivity index (χ0n) is 7.78. The van der Waals surface area contributed by atoms with E-state index in [4.69, 9.17) is 0 Å². The minimum atomic E-state index is 0.671. The van der Waals surface area contributed by atoms with Gasteiger partial charge in [-0.3, -0.25) is 0 Å². The topological polar surface area (TPSA) is 0 Å². The van der Waals surface area contributed by atoms with Gasteiger partial charge in [0.2, 0.25) is 0 Å². The highest BCUT2D eigenvalue weighted by atomic mass is 14.4. The van der Waals surface area contributed by atoms with Crippen molar-refractivity contribution in [3.8, 4) is 0 Å². The maximum absolute atomic E-state index is 2.41. The second kappa shape index (κ2) is 2.56. The molecule has 0 aromatic rings. The highest BCUT2D eigenvalue weighted by Gasteiger charge is 2.37. The van der Waals surface area contributed by atoms with Crippen molar-refractivity contribution in [3.63, 3.8) is 0 Å². The van der Waals surface area contributed by atoms with Crippen molar-refractivity contribution >= 4 is 0 Å². The van der Waals surface area contributed by atoms with Gasteiger partial charge >= 0.3 is 0 Å². The van der Waals surface area contributed by atoms with E-state index in [1.165, 1.54) is 19.3 Å². The molecule has 0 N–H and O–H groups in total. The summed E-state index contributed by atoms with van der Waals surface area (Å²) in [6, 6.07) is 0. The van der Waals surface area contributed by atoms with Crippen LogP contribution in [0.3, 0.4) is 0 Å². The zero-order valence-corrected chi connectivity index (χ0v) is 7.78. The van der Waals surface area contributed by atoms with Gasteiger partial charge in [0, 0.05) is 0 Å². The Morgan fingerprint density at radius 2 is 2.00 bits per heavy atom. The smallest absolute Gasteiger partial charge is 0.0326 e. The molecule has 1 rings (SSSR count). The Morgan fingerprint density at radius 1 is 1.40 bits per heavy atom. The molecule has 0 aromatic carbocycles. The number of hydrogen-bond acceptors (Lipinski definition) is 0. The molecule has 0 nitrogen and oxygen atoms in total. The van der Waals surface area contributed by atoms with Crippen molar-refractivity contribution in [3.05, 3.63) is 0 Å². The largest absolute Gasteiger partial charge is 0.0628 e. The molecular formula is C10H20. The SMILES string of the molecule is CC(C)CC1CCC1(C)C. The molecule has 0 bridgehead atoms. The van der Waals surface area contributed by atoms with Crippen LogP contribution in [0.4, 0.5) is 0 Å². The fourth-order valence-corrected chi connectivity index (χ4v) is 1.93. The molecule has 1 aliphatic rings. The molecule has 1 saturated carbocycles. The van der Waals surface area contributed by atoms with Crippen LogP contribution in [0.25, 0.3) is 0 Å². The van der Waals surface area contributed by atoms with E-state index in [9.17, 15) is 0 Å². The van der Waals surface area contributed by atoms with Gasteiger partial charge in [-0.25, -0.2) is 0 Å². The highest BCUT2D eigenvalue weighted by Crippen LogP contribution is 2.48. The zero-order chi connectivity index (χ0) is 7.78. The lowest BCUT2D eigenvalue weighted by Crippen LogP contribution is -2.35. The van der Waals surface area contributed by atoms with Gasteiger partial charge in [-0.1, -0.05) is 27.7 Å². The molecule has 1 atom stereocenters. The number of rotatable bonds is 2. The molecule has 0 spiro atoms. The summed E-state index contributed by atoms with van der Waals surface area (Å²) in [6.07, 6.45) is 4.36. The van der Waals surface area contributed by atoms with Gasteiger partial charge in [-0.05, 0) is 36.5 Å². The summed E-state index contributed by atoms with van der Waals surface area (Å²) in [4.78, 5) is 0. The Labute approximate surface area is 65.0 Å². The summed E-state index contributed by atoms with van der Waals surface area (Å²) in [6.45, 7) is 9.47. The van der Waals surface area contributed by atoms with Crippen molar-refractivity contribution in [2.24, 2.45) is 17.3 Å². The Hall–Kier alpha value is 0. The second-order valence-corrected chi connectivity index (χ2v) is 4.85. The van der Waals surface area contributed by atoms with Crippen LogP contribution in [-0.2, 0) is 0 Å². The maximum Gasteiger partial charge on any atom is -0.0326 e. The Bertz CT molecular complexity index is 111. The summed E-state index contributed by atoms with van der Waals surface area (Å²) in [7, 11) is 0. The average Bonchev–Trinajstić information content (AvgIpc) is 1.81. The maximum atomic E-state index is 2.41. The standard InChI is InChI=1S/C10H20/c1-8(2)7-9-5-6-10(9,3)4/h8-9H,5-7H2,1-4H3. The van der Waals surface area contributed by atoms with E-state index >= 15 is 0 Å². The van der Waals surface area contributed by atoms with Crippen LogP contribution < -0.4 is 0 Å². The van der Waals surface area contributed by atoms with Crippen LogP contribution in [0, 0.1) is 17.3 Å². The van der Waals surface area contributed by atoms with E-state index in [-0.39, 0.29) is 0 Å². The van der Waals surface area contributed by atoms with Crippen LogP contribution in [-0.4, -0.2) is 0 Å². The molecule has 0 amide bonds. The molecular weight excluding hydrogens is 120 g/mol. The lowest BCUT2D eigenvalue weighted by atomic mass is 9.60. The first kappa shape index (κ1) is 8.10. The van der Waals surface area contributed by atoms with Crippen LogP contribution in [0.2, 0.25) is 0 Å². The van der Waals surface area contributed by atoms with Gasteiger partial charge in [-0.15, -0.1) is 0 Å². The van der Waals surface area contributed by atoms with Crippen LogP contribution in [0.5, 0.6) is 0 Å². The van der Waals surface area contributed by atoms with E-state index in [1.807, 2.05) is 0 Å². The predicted octanol–water partition coefficient (Wildman–Crippen LogP) is 3.47. The molecule has 1 aliphatic carbocycles. The molecule has 0 heterocycles. The third-order valence-corrected chi connectivity index (χ3v) is 3.00. The average molecular weight is 140 g/mol. The van der Waals surface area contributed by atoms with Gasteiger partial charge in [0.25, 0.3) is 0 Å². The third-order valence-electron chi connectivity index (χ3n) is 3.00. The van der Waals surface area contributed by atoms with E-state index in [2.05, 4.69) is 27.7 Å². The van der Waals surface area contributed by atoms with E-state index in [0.717, 1.165) is 11.8 Å². The number of hydrogen-bond donors (Lipinski definition) is 0. The van der Waals surface area contributed by atoms with E-state index in [1.54, 1.807) is 0 Å². The summed E-state index contributed by atoms with van der Waals surface area (Å²) in [5.41, 5.74) is 0.671. The molecule has 10 heavy (non-hydrogen) atoms. The first-order valence-corrected chi connectivity index (χ1v) is 4.52. The monoisotopic (exact) mass is 140 g/mol. The summed E-state index contributed by atoms with van der Waals surface area (Å²) < 4.78 is 0. The van der Waals surface area contributed by atoms with Crippen molar-refractivity contribution in [2.75, 3.05) is 0 Å². The van der Waals surface area contributed by atoms with Gasteiger partial charge < -0.3 is 0 Å². The van der Waals surface area contributed by atoms with Crippen LogP contribution in [0.15, 0.2) is 0 Å². The lowest BCUT2D eigenvalue weighted by Gasteiger charge is -2.45. The summed E-state index contributed by atoms with van der Waals surface area (Å²) in [5.74, 6) is 1.91. The normalized spacial score (nSPS) is 30.3. The van der Waals surface area contributed by atoms with Crippen LogP contribution in [0.1, 0.15) is 47.0 Å². The summed E-state index contributed by atoms with van der Waals surface area (Å²) >= 11 is 0. The van der Waals surface area contributed by atoms with Gasteiger partial charge in [0.15, 0.2) is 0 Å². The third kappa shape index (κ3) is 1.53. The Morgan fingerprint density at radius 3 is 2.10 bits per heavy atom. The minimum Gasteiger partial charge on any atom is -0.0628 e. The first-order chi connectivity index (χ1) is 4.52. The highest BCUT2D eigenvalue weighted by molar-refractivity contribution is 4.88. The Balaban J connectivity index is 2.30. The Kier molecular flexibility index (Phi) is 2.07. The van der Waals surface area contributed by atoms with Crippen molar-refractivity contribution in [1.82, 2.24) is 0 Å². The molecule has 0 saturated heterocycles. The molecule has 0 radical (unpaired) electrons. The van der Waals surface area contributed by atoms with Gasteiger partial charge in [0.05, 0.1) is 0 Å². The predicted molar refractivity (Wildman–Crippen MR) is 46.0 cm³/mol. The first-order valence-electron chi connectivity index (χ1n) is 4.52. The molecule has 0 aliphatic heterocycles. The fourth-order valence-electron chi connectivity index (χ4n) is 1.93. The van der Waals surface area contributed by atoms with E-state index < -0.39 is 0 Å². The fraction of sp³-hybridized carbons (Fsp3) is 1.00. The molecule has 0 aromatic heterocycles. The lowest BCUT2D eigenvalue weighted by molar-refractivity contribution is 0.0538. The van der Waals surface area contributed by atoms with Crippen molar-refractivity contribution < 1.29 is 0 Å². The molecule has 1 unspecified atom stereocenters. The van der Waals surface area contributed by atoms with Gasteiger partial charge in [0.1, 0.15) is 0 Å². The van der Waals surface area contributed by atoms with Gasteiger partial charge in [-0.2, -0.15) is 0 Å². The minimum absolute atomic E-state index is 0.671. The summed E-state index contributed by atoms with van der Waals surface area (Å²) in [5, 5.41) is 0. The quantitative estimate of drug-likeness (QED) is 0.551.